The molecule has 1 N–H and O–H groups in total. The Labute approximate surface area is 143 Å². The van der Waals surface area contributed by atoms with Crippen molar-refractivity contribution in [2.24, 2.45) is 5.10 Å². The van der Waals surface area contributed by atoms with E-state index < -0.39 is 0 Å². The molecule has 2 aromatic rings. The van der Waals surface area contributed by atoms with Crippen molar-refractivity contribution in [3.8, 4) is 5.75 Å². The highest BCUT2D eigenvalue weighted by Crippen LogP contribution is 2.18. The van der Waals surface area contributed by atoms with Gasteiger partial charge in [-0.1, -0.05) is 35.9 Å². The van der Waals surface area contributed by atoms with Gasteiger partial charge in [0.25, 0.3) is 0 Å². The van der Waals surface area contributed by atoms with Gasteiger partial charge in [0.15, 0.2) is 0 Å². The van der Waals surface area contributed by atoms with Gasteiger partial charge in [0, 0.05) is 6.42 Å². The summed E-state index contributed by atoms with van der Waals surface area (Å²) < 4.78 is 5.20. The average molecular weight is 324 g/mol. The summed E-state index contributed by atoms with van der Waals surface area (Å²) in [5, 5.41) is 4.00. The van der Waals surface area contributed by atoms with Crippen LogP contribution >= 0.6 is 0 Å². The minimum atomic E-state index is -0.0653. The van der Waals surface area contributed by atoms with E-state index >= 15 is 0 Å². The highest BCUT2D eigenvalue weighted by Gasteiger charge is 2.03. The van der Waals surface area contributed by atoms with Crippen LogP contribution in [-0.2, 0) is 11.2 Å². The highest BCUT2D eigenvalue weighted by molar-refractivity contribution is 5.82. The normalized spacial score (nSPS) is 10.8. The number of nitrogens with one attached hydrogen (secondary N) is 1. The molecule has 0 saturated carbocycles. The Kier molecular flexibility index (Phi) is 6.55. The maximum absolute atomic E-state index is 11.8. The molecular weight excluding hydrogens is 300 g/mol. The third kappa shape index (κ3) is 5.54. The van der Waals surface area contributed by atoms with Crippen molar-refractivity contribution in [1.82, 2.24) is 5.43 Å². The number of hydrogen-bond acceptors (Lipinski definition) is 3. The number of benzene rings is 2. The van der Waals surface area contributed by atoms with E-state index in [1.807, 2.05) is 43.3 Å². The number of amides is 1. The van der Waals surface area contributed by atoms with Gasteiger partial charge < -0.3 is 4.74 Å². The lowest BCUT2D eigenvalue weighted by atomic mass is 10.0. The molecule has 4 heteroatoms. The minimum absolute atomic E-state index is 0.0653. The summed E-state index contributed by atoms with van der Waals surface area (Å²) in [6, 6.07) is 14.0. The fraction of sp³-hybridized carbons (Fsp3) is 0.300. The van der Waals surface area contributed by atoms with Crippen LogP contribution in [0.2, 0.25) is 0 Å². The second-order valence-corrected chi connectivity index (χ2v) is 5.85. The third-order valence-corrected chi connectivity index (χ3v) is 3.88. The van der Waals surface area contributed by atoms with Gasteiger partial charge in [0.1, 0.15) is 5.75 Å². The van der Waals surface area contributed by atoms with Gasteiger partial charge in [-0.3, -0.25) is 4.79 Å². The molecule has 4 nitrogen and oxygen atoms in total. The lowest BCUT2D eigenvalue weighted by Gasteiger charge is -2.07. The van der Waals surface area contributed by atoms with Crippen LogP contribution in [0.5, 0.6) is 5.75 Å². The maximum Gasteiger partial charge on any atom is 0.240 e. The van der Waals surface area contributed by atoms with Crippen molar-refractivity contribution >= 4 is 12.1 Å². The van der Waals surface area contributed by atoms with Crippen molar-refractivity contribution in [3.63, 3.8) is 0 Å². The number of hydrogen-bond donors (Lipinski definition) is 1. The molecule has 0 aliphatic heterocycles. The summed E-state index contributed by atoms with van der Waals surface area (Å²) in [4.78, 5) is 11.8. The summed E-state index contributed by atoms with van der Waals surface area (Å²) in [6.45, 7) is 4.09. The molecule has 1 amide bonds. The van der Waals surface area contributed by atoms with Crippen LogP contribution < -0.4 is 10.2 Å². The molecule has 0 fully saturated rings. The zero-order valence-electron chi connectivity index (χ0n) is 14.5. The van der Waals surface area contributed by atoms with Crippen LogP contribution in [0.3, 0.4) is 0 Å². The number of carbonyl (C=O) groups is 1. The Bertz CT molecular complexity index is 706. The molecule has 0 aliphatic rings. The second-order valence-electron chi connectivity index (χ2n) is 5.85. The quantitative estimate of drug-likeness (QED) is 0.622. The molecule has 2 rings (SSSR count). The lowest BCUT2D eigenvalue weighted by Crippen LogP contribution is -2.17. The van der Waals surface area contributed by atoms with E-state index in [4.69, 9.17) is 4.74 Å². The van der Waals surface area contributed by atoms with Crippen LogP contribution in [-0.4, -0.2) is 19.2 Å². The molecule has 0 saturated heterocycles. The minimum Gasteiger partial charge on any atom is -0.497 e. The summed E-state index contributed by atoms with van der Waals surface area (Å²) in [6.07, 6.45) is 3.77. The first-order chi connectivity index (χ1) is 11.6. The zero-order valence-corrected chi connectivity index (χ0v) is 14.5. The summed E-state index contributed by atoms with van der Waals surface area (Å²) in [5.41, 5.74) is 7.17. The molecule has 0 aromatic heterocycles. The van der Waals surface area contributed by atoms with E-state index in [2.05, 4.69) is 23.5 Å². The van der Waals surface area contributed by atoms with Crippen molar-refractivity contribution in [2.45, 2.75) is 33.1 Å². The molecule has 0 aliphatic carbocycles. The van der Waals surface area contributed by atoms with Gasteiger partial charge in [-0.2, -0.15) is 5.10 Å². The Balaban J connectivity index is 1.74. The van der Waals surface area contributed by atoms with E-state index in [1.165, 1.54) is 16.7 Å². The number of aryl methyl sites for hydroxylation is 3. The van der Waals surface area contributed by atoms with Crippen LogP contribution in [0, 0.1) is 13.8 Å². The van der Waals surface area contributed by atoms with Crippen LogP contribution in [0.25, 0.3) is 0 Å². The van der Waals surface area contributed by atoms with Crippen LogP contribution in [0.15, 0.2) is 47.6 Å². The van der Waals surface area contributed by atoms with Gasteiger partial charge in [0.05, 0.1) is 13.3 Å². The summed E-state index contributed by atoms with van der Waals surface area (Å²) in [5.74, 6) is 0.795. The fourth-order valence-electron chi connectivity index (χ4n) is 2.40. The van der Waals surface area contributed by atoms with Crippen LogP contribution in [0.4, 0.5) is 0 Å². The zero-order chi connectivity index (χ0) is 17.4. The van der Waals surface area contributed by atoms with Crippen LogP contribution in [0.1, 0.15) is 35.1 Å². The molecule has 0 spiro atoms. The monoisotopic (exact) mass is 324 g/mol. The van der Waals surface area contributed by atoms with Gasteiger partial charge in [-0.15, -0.1) is 0 Å². The topological polar surface area (TPSA) is 50.7 Å². The Morgan fingerprint density at radius 3 is 2.58 bits per heavy atom. The Morgan fingerprint density at radius 2 is 1.92 bits per heavy atom. The first-order valence-corrected chi connectivity index (χ1v) is 8.10. The van der Waals surface area contributed by atoms with E-state index in [0.29, 0.717) is 6.42 Å². The molecule has 0 radical (unpaired) electrons. The summed E-state index contributed by atoms with van der Waals surface area (Å²) >= 11 is 0. The third-order valence-electron chi connectivity index (χ3n) is 3.88. The van der Waals surface area contributed by atoms with Crippen molar-refractivity contribution < 1.29 is 9.53 Å². The molecule has 2 aromatic carbocycles. The molecule has 0 bridgehead atoms. The predicted octanol–water partition coefficient (Wildman–Crippen LogP) is 3.79. The van der Waals surface area contributed by atoms with Crippen molar-refractivity contribution in [3.05, 3.63) is 64.7 Å². The van der Waals surface area contributed by atoms with Gasteiger partial charge in [0.2, 0.25) is 5.91 Å². The van der Waals surface area contributed by atoms with Gasteiger partial charge in [-0.05, 0) is 55.5 Å². The maximum atomic E-state index is 11.8. The largest absolute Gasteiger partial charge is 0.497 e. The molecule has 0 atom stereocenters. The summed E-state index contributed by atoms with van der Waals surface area (Å²) in [7, 11) is 1.66. The average Bonchev–Trinajstić information content (AvgIpc) is 2.58. The number of hydrazone groups is 1. The van der Waals surface area contributed by atoms with E-state index in [0.717, 1.165) is 24.2 Å². The highest BCUT2D eigenvalue weighted by atomic mass is 16.5. The standard InChI is InChI=1S/C20H24N2O2/c1-15-7-9-17(10-8-15)14-21-22-20(23)6-4-5-18-11-12-19(24-3)13-16(18)2/h7-14H,4-6H2,1-3H3,(H,22,23). The Hall–Kier alpha value is -2.62. The Morgan fingerprint density at radius 1 is 1.17 bits per heavy atom. The second kappa shape index (κ2) is 8.87. The fourth-order valence-corrected chi connectivity index (χ4v) is 2.40. The number of methoxy groups -OCH3 is 1. The molecule has 126 valence electrons. The molecule has 0 unspecified atom stereocenters. The predicted molar refractivity (Wildman–Crippen MR) is 97.6 cm³/mol. The van der Waals surface area contributed by atoms with Crippen molar-refractivity contribution in [1.29, 1.82) is 0 Å². The number of nitrogens with zero attached hydrogens (tertiary/aromatic N) is 1. The smallest absolute Gasteiger partial charge is 0.240 e. The van der Waals surface area contributed by atoms with E-state index in [1.54, 1.807) is 13.3 Å². The number of carbonyl (C=O) groups excluding carboxylic acids is 1. The number of rotatable bonds is 7. The van der Waals surface area contributed by atoms with E-state index in [9.17, 15) is 4.79 Å². The SMILES string of the molecule is COc1ccc(CCCC(=O)NN=Cc2ccc(C)cc2)c(C)c1. The van der Waals surface area contributed by atoms with Crippen molar-refractivity contribution in [2.75, 3.05) is 7.11 Å². The molecule has 24 heavy (non-hydrogen) atoms. The lowest BCUT2D eigenvalue weighted by molar-refractivity contribution is -0.121. The van der Waals surface area contributed by atoms with Gasteiger partial charge >= 0.3 is 0 Å². The molecule has 0 heterocycles. The van der Waals surface area contributed by atoms with E-state index in [-0.39, 0.29) is 5.91 Å². The first-order valence-electron chi connectivity index (χ1n) is 8.10. The van der Waals surface area contributed by atoms with Gasteiger partial charge in [-0.25, -0.2) is 5.43 Å². The first kappa shape index (κ1) is 17.7. The number of ether oxygens (including phenoxy) is 1. The molecular formula is C20H24N2O2.